The number of hydrogen-bond acceptors (Lipinski definition) is 3. The molecule has 1 amide bonds. The summed E-state index contributed by atoms with van der Waals surface area (Å²) in [6, 6.07) is -0.265. The lowest BCUT2D eigenvalue weighted by atomic mass is 9.74. The molecule has 0 saturated heterocycles. The minimum atomic E-state index is -1.06. The number of rotatable bonds is 5. The van der Waals surface area contributed by atoms with E-state index in [1.54, 1.807) is 41.5 Å². The van der Waals surface area contributed by atoms with Gasteiger partial charge in [-0.25, -0.2) is 0 Å². The third-order valence-corrected chi connectivity index (χ3v) is 3.74. The molecule has 0 rings (SSSR count). The molecule has 2 unspecified atom stereocenters. The minimum absolute atomic E-state index is 0.223. The Labute approximate surface area is 103 Å². The van der Waals surface area contributed by atoms with Gasteiger partial charge in [0.15, 0.2) is 0 Å². The molecule has 0 radical (unpaired) electrons. The van der Waals surface area contributed by atoms with Crippen LogP contribution in [-0.2, 0) is 9.59 Å². The lowest BCUT2D eigenvalue weighted by Gasteiger charge is -2.39. The SMILES string of the molecule is CC(N)C(C)C(=O)NC(C)(C)C(C)(C)C(=O)O. The molecule has 0 aliphatic heterocycles. The number of carboxylic acid groups (broad SMARTS) is 1. The smallest absolute Gasteiger partial charge is 0.311 e. The van der Waals surface area contributed by atoms with Crippen LogP contribution in [0.25, 0.3) is 0 Å². The number of hydrogen-bond donors (Lipinski definition) is 3. The molecule has 0 fully saturated rings. The van der Waals surface area contributed by atoms with Gasteiger partial charge >= 0.3 is 5.97 Å². The first-order valence-corrected chi connectivity index (χ1v) is 5.74. The molecular formula is C12H24N2O3. The molecule has 0 aliphatic carbocycles. The van der Waals surface area contributed by atoms with Gasteiger partial charge in [0.25, 0.3) is 0 Å². The van der Waals surface area contributed by atoms with Crippen LogP contribution in [-0.4, -0.2) is 28.6 Å². The fraction of sp³-hybridized carbons (Fsp3) is 0.833. The molecular weight excluding hydrogens is 220 g/mol. The minimum Gasteiger partial charge on any atom is -0.481 e. The zero-order valence-electron chi connectivity index (χ0n) is 11.5. The predicted octanol–water partition coefficient (Wildman–Crippen LogP) is 0.975. The first kappa shape index (κ1) is 15.9. The van der Waals surface area contributed by atoms with Crippen molar-refractivity contribution in [1.82, 2.24) is 5.32 Å². The second kappa shape index (κ2) is 5.04. The molecule has 5 heteroatoms. The largest absolute Gasteiger partial charge is 0.481 e. The van der Waals surface area contributed by atoms with Crippen LogP contribution in [0.3, 0.4) is 0 Å². The lowest BCUT2D eigenvalue weighted by Crippen LogP contribution is -2.58. The van der Waals surface area contributed by atoms with Crippen LogP contribution in [0.5, 0.6) is 0 Å². The average Bonchev–Trinajstić information content (AvgIpc) is 2.14. The number of nitrogens with two attached hydrogens (primary N) is 1. The van der Waals surface area contributed by atoms with Crippen molar-refractivity contribution < 1.29 is 14.7 Å². The highest BCUT2D eigenvalue weighted by Gasteiger charge is 2.44. The van der Waals surface area contributed by atoms with Crippen molar-refractivity contribution in [3.8, 4) is 0 Å². The fourth-order valence-electron chi connectivity index (χ4n) is 1.08. The Bertz CT molecular complexity index is 309. The van der Waals surface area contributed by atoms with Crippen LogP contribution >= 0.6 is 0 Å². The van der Waals surface area contributed by atoms with E-state index in [4.69, 9.17) is 10.8 Å². The van der Waals surface area contributed by atoms with E-state index in [-0.39, 0.29) is 17.9 Å². The van der Waals surface area contributed by atoms with Gasteiger partial charge in [-0.05, 0) is 34.6 Å². The Morgan fingerprint density at radius 1 is 1.18 bits per heavy atom. The first-order chi connectivity index (χ1) is 7.43. The number of carboxylic acids is 1. The highest BCUT2D eigenvalue weighted by Crippen LogP contribution is 2.31. The first-order valence-electron chi connectivity index (χ1n) is 5.74. The second-order valence-electron chi connectivity index (χ2n) is 5.69. The maximum Gasteiger partial charge on any atom is 0.311 e. The molecule has 0 aromatic carbocycles. The molecule has 0 bridgehead atoms. The van der Waals surface area contributed by atoms with Crippen molar-refractivity contribution in [3.63, 3.8) is 0 Å². The summed E-state index contributed by atoms with van der Waals surface area (Å²) in [5.41, 5.74) is 3.74. The monoisotopic (exact) mass is 244 g/mol. The van der Waals surface area contributed by atoms with Crippen LogP contribution in [0.1, 0.15) is 41.5 Å². The van der Waals surface area contributed by atoms with Gasteiger partial charge in [-0.2, -0.15) is 0 Å². The van der Waals surface area contributed by atoms with E-state index in [1.165, 1.54) is 0 Å². The van der Waals surface area contributed by atoms with Crippen LogP contribution in [0.15, 0.2) is 0 Å². The van der Waals surface area contributed by atoms with Gasteiger partial charge in [0.2, 0.25) is 5.91 Å². The summed E-state index contributed by atoms with van der Waals surface area (Å²) in [4.78, 5) is 23.1. The van der Waals surface area contributed by atoms with E-state index in [0.717, 1.165) is 0 Å². The topological polar surface area (TPSA) is 92.4 Å². The molecule has 17 heavy (non-hydrogen) atoms. The van der Waals surface area contributed by atoms with E-state index >= 15 is 0 Å². The van der Waals surface area contributed by atoms with E-state index < -0.39 is 16.9 Å². The van der Waals surface area contributed by atoms with E-state index in [9.17, 15) is 9.59 Å². The molecule has 0 aromatic rings. The summed E-state index contributed by atoms with van der Waals surface area (Å²) in [6.07, 6.45) is 0. The van der Waals surface area contributed by atoms with Crippen molar-refractivity contribution in [2.45, 2.75) is 53.1 Å². The summed E-state index contributed by atoms with van der Waals surface area (Å²) in [5, 5.41) is 11.9. The van der Waals surface area contributed by atoms with Crippen LogP contribution in [0, 0.1) is 11.3 Å². The summed E-state index contributed by atoms with van der Waals surface area (Å²) in [7, 11) is 0. The number of aliphatic carboxylic acids is 1. The van der Waals surface area contributed by atoms with Gasteiger partial charge in [-0.1, -0.05) is 6.92 Å². The highest BCUT2D eigenvalue weighted by atomic mass is 16.4. The molecule has 4 N–H and O–H groups in total. The summed E-state index contributed by atoms with van der Waals surface area (Å²) in [6.45, 7) is 10.1. The molecule has 5 nitrogen and oxygen atoms in total. The average molecular weight is 244 g/mol. The van der Waals surface area contributed by atoms with Crippen molar-refractivity contribution in [2.75, 3.05) is 0 Å². The summed E-state index contributed by atoms with van der Waals surface area (Å²) in [5.74, 6) is -1.52. The lowest BCUT2D eigenvalue weighted by molar-refractivity contribution is -0.152. The maximum absolute atomic E-state index is 11.9. The molecule has 0 aliphatic rings. The van der Waals surface area contributed by atoms with Crippen molar-refractivity contribution in [2.24, 2.45) is 17.1 Å². The Hall–Kier alpha value is -1.10. The Morgan fingerprint density at radius 3 is 1.88 bits per heavy atom. The second-order valence-corrected chi connectivity index (χ2v) is 5.69. The highest BCUT2D eigenvalue weighted by molar-refractivity contribution is 5.82. The van der Waals surface area contributed by atoms with Crippen molar-refractivity contribution in [1.29, 1.82) is 0 Å². The number of carbonyl (C=O) groups is 2. The third kappa shape index (κ3) is 3.43. The predicted molar refractivity (Wildman–Crippen MR) is 66.5 cm³/mol. The molecule has 0 saturated carbocycles. The van der Waals surface area contributed by atoms with Crippen LogP contribution < -0.4 is 11.1 Å². The van der Waals surface area contributed by atoms with Gasteiger partial charge in [-0.15, -0.1) is 0 Å². The molecule has 2 atom stereocenters. The van der Waals surface area contributed by atoms with Gasteiger partial charge in [-0.3, -0.25) is 9.59 Å². The Morgan fingerprint density at radius 2 is 1.59 bits per heavy atom. The molecule has 0 spiro atoms. The van der Waals surface area contributed by atoms with E-state index in [0.29, 0.717) is 0 Å². The van der Waals surface area contributed by atoms with Crippen molar-refractivity contribution in [3.05, 3.63) is 0 Å². The normalized spacial score (nSPS) is 16.2. The number of amides is 1. The fourth-order valence-corrected chi connectivity index (χ4v) is 1.08. The summed E-state index contributed by atoms with van der Waals surface area (Å²) < 4.78 is 0. The zero-order valence-corrected chi connectivity index (χ0v) is 11.5. The molecule has 0 aromatic heterocycles. The number of nitrogens with one attached hydrogen (secondary N) is 1. The quantitative estimate of drug-likeness (QED) is 0.672. The van der Waals surface area contributed by atoms with E-state index in [2.05, 4.69) is 5.32 Å². The number of carbonyl (C=O) groups excluding carboxylic acids is 1. The maximum atomic E-state index is 11.9. The Balaban J connectivity index is 4.89. The van der Waals surface area contributed by atoms with E-state index in [1.807, 2.05) is 0 Å². The van der Waals surface area contributed by atoms with Gasteiger partial charge < -0.3 is 16.2 Å². The van der Waals surface area contributed by atoms with Crippen LogP contribution in [0.4, 0.5) is 0 Å². The molecule has 100 valence electrons. The zero-order chi connectivity index (χ0) is 14.0. The van der Waals surface area contributed by atoms with Crippen molar-refractivity contribution >= 4 is 11.9 Å². The Kier molecular flexibility index (Phi) is 4.71. The van der Waals surface area contributed by atoms with Gasteiger partial charge in [0, 0.05) is 17.5 Å². The van der Waals surface area contributed by atoms with Gasteiger partial charge in [0.05, 0.1) is 5.41 Å². The molecule has 0 heterocycles. The third-order valence-electron chi connectivity index (χ3n) is 3.74. The standard InChI is InChI=1S/C12H24N2O3/c1-7(8(2)13)9(15)14-12(5,6)11(3,4)10(16)17/h7-8H,13H2,1-6H3,(H,14,15)(H,16,17). The van der Waals surface area contributed by atoms with Gasteiger partial charge in [0.1, 0.15) is 0 Å². The summed E-state index contributed by atoms with van der Waals surface area (Å²) >= 11 is 0. The van der Waals surface area contributed by atoms with Crippen LogP contribution in [0.2, 0.25) is 0 Å².